The average Bonchev–Trinajstić information content (AvgIpc) is 2.49. The van der Waals surface area contributed by atoms with Gasteiger partial charge in [0.2, 0.25) is 0 Å². The van der Waals surface area contributed by atoms with Gasteiger partial charge >= 0.3 is 0 Å². The second-order valence-corrected chi connectivity index (χ2v) is 4.53. The minimum atomic E-state index is -0.309. The van der Waals surface area contributed by atoms with Crippen LogP contribution >= 0.6 is 11.6 Å². The van der Waals surface area contributed by atoms with Crippen LogP contribution in [0.25, 0.3) is 0 Å². The van der Waals surface area contributed by atoms with Gasteiger partial charge < -0.3 is 10.6 Å². The molecule has 0 radical (unpaired) electrons. The van der Waals surface area contributed by atoms with E-state index >= 15 is 0 Å². The van der Waals surface area contributed by atoms with Gasteiger partial charge in [0, 0.05) is 17.6 Å². The van der Waals surface area contributed by atoms with E-state index < -0.39 is 0 Å². The summed E-state index contributed by atoms with van der Waals surface area (Å²) >= 11 is 5.88. The fourth-order valence-corrected chi connectivity index (χ4v) is 1.90. The number of rotatable bonds is 3. The first kappa shape index (κ1) is 14.1. The number of hydrogen-bond acceptors (Lipinski definition) is 2. The minimum Gasteiger partial charge on any atom is -0.355 e. The highest BCUT2D eigenvalue weighted by Gasteiger charge is 2.13. The van der Waals surface area contributed by atoms with E-state index in [-0.39, 0.29) is 11.8 Å². The molecule has 20 heavy (non-hydrogen) atoms. The molecule has 0 aliphatic rings. The first-order valence-electron chi connectivity index (χ1n) is 6.00. The number of carbonyl (C=O) groups is 2. The molecule has 0 spiro atoms. The number of anilines is 1. The molecule has 0 bridgehead atoms. The summed E-state index contributed by atoms with van der Waals surface area (Å²) in [5.74, 6) is -0.589. The Morgan fingerprint density at radius 3 is 2.35 bits per heavy atom. The first-order chi connectivity index (χ1) is 9.61. The quantitative estimate of drug-likeness (QED) is 0.912. The third-order valence-corrected chi connectivity index (χ3v) is 2.97. The molecule has 0 aromatic heterocycles. The fourth-order valence-electron chi connectivity index (χ4n) is 1.73. The zero-order valence-electron chi connectivity index (χ0n) is 10.8. The van der Waals surface area contributed by atoms with E-state index in [4.69, 9.17) is 11.6 Å². The zero-order chi connectivity index (χ0) is 14.5. The smallest absolute Gasteiger partial charge is 0.255 e. The van der Waals surface area contributed by atoms with Crippen molar-refractivity contribution in [1.29, 1.82) is 0 Å². The van der Waals surface area contributed by atoms with E-state index in [1.54, 1.807) is 36.4 Å². The maximum atomic E-state index is 12.1. The summed E-state index contributed by atoms with van der Waals surface area (Å²) in [6.45, 7) is 0. The summed E-state index contributed by atoms with van der Waals surface area (Å²) in [5.41, 5.74) is 1.26. The molecule has 2 N–H and O–H groups in total. The predicted molar refractivity (Wildman–Crippen MR) is 79.2 cm³/mol. The Bertz CT molecular complexity index is 642. The normalized spacial score (nSPS) is 9.90. The third-order valence-electron chi connectivity index (χ3n) is 2.74. The van der Waals surface area contributed by atoms with Gasteiger partial charge in [0.1, 0.15) is 0 Å². The van der Waals surface area contributed by atoms with Crippen molar-refractivity contribution in [1.82, 2.24) is 5.32 Å². The van der Waals surface area contributed by atoms with Crippen molar-refractivity contribution in [2.45, 2.75) is 0 Å². The molecule has 102 valence electrons. The lowest BCUT2D eigenvalue weighted by atomic mass is 10.1. The Morgan fingerprint density at radius 2 is 1.70 bits per heavy atom. The van der Waals surface area contributed by atoms with Crippen LogP contribution in [0.5, 0.6) is 0 Å². The van der Waals surface area contributed by atoms with Gasteiger partial charge in [0.05, 0.1) is 11.3 Å². The molecular weight excluding hydrogens is 276 g/mol. The maximum absolute atomic E-state index is 12.1. The monoisotopic (exact) mass is 288 g/mol. The molecule has 5 heteroatoms. The van der Waals surface area contributed by atoms with Crippen molar-refractivity contribution in [3.8, 4) is 0 Å². The van der Waals surface area contributed by atoms with Crippen LogP contribution in [0.3, 0.4) is 0 Å². The van der Waals surface area contributed by atoms with E-state index in [1.165, 1.54) is 13.1 Å². The van der Waals surface area contributed by atoms with Crippen molar-refractivity contribution < 1.29 is 9.59 Å². The van der Waals surface area contributed by atoms with Crippen molar-refractivity contribution in [3.63, 3.8) is 0 Å². The Labute approximate surface area is 121 Å². The SMILES string of the molecule is CNC(=O)c1cc(Cl)ccc1NC(=O)c1ccccc1. The Morgan fingerprint density at radius 1 is 1.00 bits per heavy atom. The van der Waals surface area contributed by atoms with Crippen molar-refractivity contribution >= 4 is 29.1 Å². The fraction of sp³-hybridized carbons (Fsp3) is 0.0667. The van der Waals surface area contributed by atoms with E-state index in [2.05, 4.69) is 10.6 Å². The average molecular weight is 289 g/mol. The van der Waals surface area contributed by atoms with Gasteiger partial charge in [-0.3, -0.25) is 9.59 Å². The molecular formula is C15H13ClN2O2. The standard InChI is InChI=1S/C15H13ClN2O2/c1-17-15(20)12-9-11(16)7-8-13(12)18-14(19)10-5-3-2-4-6-10/h2-9H,1H3,(H,17,20)(H,18,19). The van der Waals surface area contributed by atoms with Crippen LogP contribution in [0, 0.1) is 0 Å². The first-order valence-corrected chi connectivity index (χ1v) is 6.37. The van der Waals surface area contributed by atoms with E-state index in [0.29, 0.717) is 21.8 Å². The van der Waals surface area contributed by atoms with Crippen LogP contribution in [0.1, 0.15) is 20.7 Å². The van der Waals surface area contributed by atoms with Crippen LogP contribution < -0.4 is 10.6 Å². The molecule has 2 aromatic carbocycles. The van der Waals surface area contributed by atoms with Gasteiger partial charge in [-0.05, 0) is 30.3 Å². The zero-order valence-corrected chi connectivity index (χ0v) is 11.6. The van der Waals surface area contributed by atoms with Crippen LogP contribution in [-0.2, 0) is 0 Å². The Hall–Kier alpha value is -2.33. The summed E-state index contributed by atoms with van der Waals surface area (Å²) < 4.78 is 0. The van der Waals surface area contributed by atoms with Gasteiger partial charge in [-0.2, -0.15) is 0 Å². The third kappa shape index (κ3) is 3.16. The molecule has 0 heterocycles. The highest BCUT2D eigenvalue weighted by molar-refractivity contribution is 6.31. The lowest BCUT2D eigenvalue weighted by Gasteiger charge is -2.10. The van der Waals surface area contributed by atoms with Crippen LogP contribution in [-0.4, -0.2) is 18.9 Å². The summed E-state index contributed by atoms with van der Waals surface area (Å²) in [6.07, 6.45) is 0. The molecule has 0 fully saturated rings. The van der Waals surface area contributed by atoms with Gasteiger partial charge in [-0.25, -0.2) is 0 Å². The van der Waals surface area contributed by atoms with E-state index in [0.717, 1.165) is 0 Å². The van der Waals surface area contributed by atoms with Crippen LogP contribution in [0.4, 0.5) is 5.69 Å². The molecule has 0 unspecified atom stereocenters. The largest absolute Gasteiger partial charge is 0.355 e. The predicted octanol–water partition coefficient (Wildman–Crippen LogP) is 2.95. The number of amides is 2. The minimum absolute atomic E-state index is 0.280. The summed E-state index contributed by atoms with van der Waals surface area (Å²) in [6, 6.07) is 13.5. The number of benzene rings is 2. The van der Waals surface area contributed by atoms with E-state index in [1.807, 2.05) is 6.07 Å². The molecule has 0 aliphatic carbocycles. The molecule has 0 aliphatic heterocycles. The molecule has 2 aromatic rings. The van der Waals surface area contributed by atoms with E-state index in [9.17, 15) is 9.59 Å². The summed E-state index contributed by atoms with van der Waals surface area (Å²) in [5, 5.41) is 5.66. The molecule has 2 amide bonds. The molecule has 2 rings (SSSR count). The van der Waals surface area contributed by atoms with Crippen LogP contribution in [0.2, 0.25) is 5.02 Å². The van der Waals surface area contributed by atoms with Crippen molar-refractivity contribution in [2.24, 2.45) is 0 Å². The summed E-state index contributed by atoms with van der Waals surface area (Å²) in [7, 11) is 1.52. The number of hydrogen-bond donors (Lipinski definition) is 2. The summed E-state index contributed by atoms with van der Waals surface area (Å²) in [4.78, 5) is 23.9. The topological polar surface area (TPSA) is 58.2 Å². The molecule has 0 atom stereocenters. The Kier molecular flexibility index (Phi) is 4.38. The molecule has 0 saturated carbocycles. The van der Waals surface area contributed by atoms with Gasteiger partial charge in [-0.1, -0.05) is 29.8 Å². The van der Waals surface area contributed by atoms with Gasteiger partial charge in [0.15, 0.2) is 0 Å². The highest BCUT2D eigenvalue weighted by Crippen LogP contribution is 2.21. The lowest BCUT2D eigenvalue weighted by Crippen LogP contribution is -2.21. The number of halogens is 1. The second kappa shape index (κ2) is 6.21. The molecule has 0 saturated heterocycles. The van der Waals surface area contributed by atoms with Crippen molar-refractivity contribution in [2.75, 3.05) is 12.4 Å². The van der Waals surface area contributed by atoms with Gasteiger partial charge in [-0.15, -0.1) is 0 Å². The van der Waals surface area contributed by atoms with Gasteiger partial charge in [0.25, 0.3) is 11.8 Å². The second-order valence-electron chi connectivity index (χ2n) is 4.09. The van der Waals surface area contributed by atoms with Crippen LogP contribution in [0.15, 0.2) is 48.5 Å². The molecule has 4 nitrogen and oxygen atoms in total. The lowest BCUT2D eigenvalue weighted by molar-refractivity contribution is 0.0964. The number of carbonyl (C=O) groups excluding carboxylic acids is 2. The highest BCUT2D eigenvalue weighted by atomic mass is 35.5. The number of nitrogens with one attached hydrogen (secondary N) is 2. The van der Waals surface area contributed by atoms with Crippen molar-refractivity contribution in [3.05, 3.63) is 64.7 Å². The Balaban J connectivity index is 2.30. The maximum Gasteiger partial charge on any atom is 0.255 e.